The Morgan fingerprint density at radius 1 is 1.32 bits per heavy atom. The van der Waals surface area contributed by atoms with Gasteiger partial charge in [-0.2, -0.15) is 4.31 Å². The van der Waals surface area contributed by atoms with Gasteiger partial charge in [-0.15, -0.1) is 0 Å². The molecular weight excluding hydrogens is 450 g/mol. The normalized spacial score (nSPS) is 23.5. The molecule has 1 aromatic heterocycles. The first kappa shape index (κ1) is 24.9. The fraction of sp³-hybridized carbons (Fsp3) is 0.500. The standard InChI is InChI=1S/C26H35N3O4S/c1-19-15-29(20(2)18-30)34(31,32)26-11-10-23(22-8-4-5-9-22)13-24(26)33-25(19)17-28(3)16-21-7-6-12-27-14-21/h6-8,10-14,19-20,25,30H,4-5,9,15-18H2,1-3H3/t19-,20-,25+/m0/s1. The highest BCUT2D eigenvalue weighted by Crippen LogP contribution is 2.37. The second kappa shape index (κ2) is 10.6. The number of hydrogen-bond acceptors (Lipinski definition) is 6. The number of benzene rings is 1. The van der Waals surface area contributed by atoms with E-state index in [-0.39, 0.29) is 30.1 Å². The van der Waals surface area contributed by atoms with Crippen molar-refractivity contribution in [2.24, 2.45) is 5.92 Å². The van der Waals surface area contributed by atoms with Crippen LogP contribution in [-0.4, -0.2) is 66.6 Å². The Kier molecular flexibility index (Phi) is 7.72. The van der Waals surface area contributed by atoms with Gasteiger partial charge in [0.05, 0.1) is 6.61 Å². The van der Waals surface area contributed by atoms with Crippen molar-refractivity contribution in [3.8, 4) is 5.75 Å². The monoisotopic (exact) mass is 485 g/mol. The molecule has 2 aliphatic rings. The lowest BCUT2D eigenvalue weighted by molar-refractivity contribution is 0.0733. The van der Waals surface area contributed by atoms with E-state index in [2.05, 4.69) is 16.0 Å². The average molecular weight is 486 g/mol. The van der Waals surface area contributed by atoms with Crippen LogP contribution in [0.25, 0.3) is 5.57 Å². The van der Waals surface area contributed by atoms with Crippen LogP contribution in [0.5, 0.6) is 5.75 Å². The van der Waals surface area contributed by atoms with Crippen LogP contribution < -0.4 is 4.74 Å². The number of aliphatic hydroxyl groups is 1. The molecule has 184 valence electrons. The third-order valence-corrected chi connectivity index (χ3v) is 8.77. The minimum Gasteiger partial charge on any atom is -0.487 e. The number of rotatable bonds is 7. The van der Waals surface area contributed by atoms with E-state index in [1.165, 1.54) is 9.88 Å². The molecule has 1 aliphatic heterocycles. The summed E-state index contributed by atoms with van der Waals surface area (Å²) >= 11 is 0. The molecule has 0 spiro atoms. The molecule has 4 rings (SSSR count). The number of allylic oxidation sites excluding steroid dienone is 2. The van der Waals surface area contributed by atoms with Crippen molar-refractivity contribution in [1.29, 1.82) is 0 Å². The van der Waals surface area contributed by atoms with E-state index >= 15 is 0 Å². The van der Waals surface area contributed by atoms with Gasteiger partial charge in [0.15, 0.2) is 0 Å². The molecule has 34 heavy (non-hydrogen) atoms. The Balaban J connectivity index is 1.69. The summed E-state index contributed by atoms with van der Waals surface area (Å²) < 4.78 is 35.2. The molecule has 1 aliphatic carbocycles. The number of likely N-dealkylation sites (N-methyl/N-ethyl adjacent to an activating group) is 1. The number of fused-ring (bicyclic) bond motifs is 1. The smallest absolute Gasteiger partial charge is 0.247 e. The van der Waals surface area contributed by atoms with Crippen LogP contribution in [0.1, 0.15) is 44.2 Å². The third kappa shape index (κ3) is 5.35. The second-order valence-corrected chi connectivity index (χ2v) is 11.4. The molecule has 7 nitrogen and oxygen atoms in total. The Morgan fingerprint density at radius 3 is 2.82 bits per heavy atom. The number of sulfonamides is 1. The van der Waals surface area contributed by atoms with Crippen LogP contribution in [0, 0.1) is 5.92 Å². The lowest BCUT2D eigenvalue weighted by atomic mass is 10.0. The fourth-order valence-electron chi connectivity index (χ4n) is 4.75. The summed E-state index contributed by atoms with van der Waals surface area (Å²) in [6.07, 6.45) is 8.77. The molecule has 1 aromatic carbocycles. The number of hydrogen-bond donors (Lipinski definition) is 1. The zero-order valence-corrected chi connectivity index (χ0v) is 21.0. The molecule has 1 N–H and O–H groups in total. The highest BCUT2D eigenvalue weighted by Gasteiger charge is 2.38. The van der Waals surface area contributed by atoms with Crippen LogP contribution in [0.2, 0.25) is 0 Å². The van der Waals surface area contributed by atoms with Gasteiger partial charge in [-0.05, 0) is 68.1 Å². The van der Waals surface area contributed by atoms with E-state index < -0.39 is 16.1 Å². The van der Waals surface area contributed by atoms with Crippen LogP contribution >= 0.6 is 0 Å². The van der Waals surface area contributed by atoms with E-state index in [0.717, 1.165) is 36.9 Å². The molecule has 0 amide bonds. The van der Waals surface area contributed by atoms with Crippen LogP contribution in [0.3, 0.4) is 0 Å². The predicted molar refractivity (Wildman–Crippen MR) is 133 cm³/mol. The lowest BCUT2D eigenvalue weighted by Gasteiger charge is -2.37. The van der Waals surface area contributed by atoms with E-state index in [1.807, 2.05) is 44.4 Å². The quantitative estimate of drug-likeness (QED) is 0.646. The Hall–Kier alpha value is -2.26. The first-order valence-electron chi connectivity index (χ1n) is 12.0. The summed E-state index contributed by atoms with van der Waals surface area (Å²) in [5.41, 5.74) is 3.37. The van der Waals surface area contributed by atoms with Crippen molar-refractivity contribution in [3.05, 3.63) is 59.9 Å². The van der Waals surface area contributed by atoms with Gasteiger partial charge >= 0.3 is 0 Å². The van der Waals surface area contributed by atoms with Crippen LogP contribution in [0.4, 0.5) is 0 Å². The molecule has 0 bridgehead atoms. The zero-order valence-electron chi connectivity index (χ0n) is 20.2. The minimum absolute atomic E-state index is 0.0809. The van der Waals surface area contributed by atoms with Crippen molar-refractivity contribution in [1.82, 2.24) is 14.2 Å². The van der Waals surface area contributed by atoms with E-state index in [1.54, 1.807) is 19.2 Å². The molecule has 0 unspecified atom stereocenters. The number of nitrogens with zero attached hydrogens (tertiary/aromatic N) is 3. The maximum Gasteiger partial charge on any atom is 0.247 e. The lowest BCUT2D eigenvalue weighted by Crippen LogP contribution is -2.49. The van der Waals surface area contributed by atoms with E-state index in [4.69, 9.17) is 4.74 Å². The molecule has 0 saturated carbocycles. The maximum absolute atomic E-state index is 13.6. The predicted octanol–water partition coefficient (Wildman–Crippen LogP) is 3.55. The summed E-state index contributed by atoms with van der Waals surface area (Å²) in [7, 11) is -1.79. The molecule has 3 atom stereocenters. The van der Waals surface area contributed by atoms with Crippen LogP contribution in [-0.2, 0) is 16.6 Å². The summed E-state index contributed by atoms with van der Waals surface area (Å²) in [6.45, 7) is 5.15. The van der Waals surface area contributed by atoms with Crippen molar-refractivity contribution < 1.29 is 18.3 Å². The highest BCUT2D eigenvalue weighted by molar-refractivity contribution is 7.89. The molecule has 8 heteroatoms. The van der Waals surface area contributed by atoms with E-state index in [9.17, 15) is 13.5 Å². The number of ether oxygens (including phenoxy) is 1. The van der Waals surface area contributed by atoms with Gasteiger partial charge in [0.2, 0.25) is 10.0 Å². The summed E-state index contributed by atoms with van der Waals surface area (Å²) in [5.74, 6) is 0.314. The summed E-state index contributed by atoms with van der Waals surface area (Å²) in [5, 5.41) is 9.82. The topological polar surface area (TPSA) is 83.0 Å². The Morgan fingerprint density at radius 2 is 2.15 bits per heavy atom. The third-order valence-electron chi connectivity index (χ3n) is 6.75. The zero-order chi connectivity index (χ0) is 24.3. The van der Waals surface area contributed by atoms with Crippen molar-refractivity contribution in [2.75, 3.05) is 26.7 Å². The minimum atomic E-state index is -3.82. The SMILES string of the molecule is C[C@H]1CN([C@@H](C)CO)S(=O)(=O)c2ccc(C3=CCCC3)cc2O[C@@H]1CN(C)Cc1cccnc1. The Bertz CT molecular complexity index is 1120. The van der Waals surface area contributed by atoms with Gasteiger partial charge in [-0.25, -0.2) is 8.42 Å². The number of pyridine rings is 1. The molecule has 2 heterocycles. The van der Waals surface area contributed by atoms with Gasteiger partial charge in [0.1, 0.15) is 16.7 Å². The molecule has 0 saturated heterocycles. The van der Waals surface area contributed by atoms with Gasteiger partial charge in [0.25, 0.3) is 0 Å². The van der Waals surface area contributed by atoms with Crippen molar-refractivity contribution >= 4 is 15.6 Å². The maximum atomic E-state index is 13.6. The van der Waals surface area contributed by atoms with Crippen molar-refractivity contribution in [3.63, 3.8) is 0 Å². The first-order chi connectivity index (χ1) is 16.3. The number of aromatic nitrogens is 1. The molecular formula is C26H35N3O4S. The molecule has 2 aromatic rings. The molecule has 0 fully saturated rings. The van der Waals surface area contributed by atoms with Gasteiger partial charge in [-0.1, -0.05) is 25.1 Å². The van der Waals surface area contributed by atoms with Gasteiger partial charge in [-0.3, -0.25) is 9.88 Å². The largest absolute Gasteiger partial charge is 0.487 e. The molecule has 0 radical (unpaired) electrons. The van der Waals surface area contributed by atoms with Crippen molar-refractivity contribution in [2.45, 2.75) is 56.7 Å². The fourth-order valence-corrected chi connectivity index (χ4v) is 6.58. The number of aliphatic hydroxyl groups excluding tert-OH is 1. The summed E-state index contributed by atoms with van der Waals surface area (Å²) in [6, 6.07) is 8.88. The van der Waals surface area contributed by atoms with Crippen LogP contribution in [0.15, 0.2) is 53.7 Å². The van der Waals surface area contributed by atoms with Gasteiger partial charge in [0, 0.05) is 44.0 Å². The second-order valence-electron chi connectivity index (χ2n) is 9.58. The highest BCUT2D eigenvalue weighted by atomic mass is 32.2. The van der Waals surface area contributed by atoms with E-state index in [0.29, 0.717) is 12.3 Å². The average Bonchev–Trinajstić information content (AvgIpc) is 3.36. The Labute approximate surface area is 203 Å². The first-order valence-corrected chi connectivity index (χ1v) is 13.4. The van der Waals surface area contributed by atoms with Gasteiger partial charge < -0.3 is 9.84 Å². The summed E-state index contributed by atoms with van der Waals surface area (Å²) in [4.78, 5) is 6.54.